The maximum absolute atomic E-state index is 12.0. The fraction of sp³-hybridized carbons (Fsp3) is 0.312. The molecule has 124 valence electrons. The number of hydrogen-bond acceptors (Lipinski definition) is 7. The van der Waals surface area contributed by atoms with Gasteiger partial charge in [0, 0.05) is 6.07 Å². The SMILES string of the molecule is CCOC(=O)c1nnc(Cl)cc1Nc1cccc(C(C)(C)C#N)n1. The summed E-state index contributed by atoms with van der Waals surface area (Å²) in [4.78, 5) is 16.4. The molecule has 24 heavy (non-hydrogen) atoms. The quantitative estimate of drug-likeness (QED) is 0.830. The normalized spacial score (nSPS) is 10.8. The number of esters is 1. The lowest BCUT2D eigenvalue weighted by Gasteiger charge is -2.16. The molecule has 0 spiro atoms. The van der Waals surface area contributed by atoms with Gasteiger partial charge in [0.2, 0.25) is 0 Å². The van der Waals surface area contributed by atoms with Crippen LogP contribution in [0.5, 0.6) is 0 Å². The highest BCUT2D eigenvalue weighted by Gasteiger charge is 2.22. The first-order valence-electron chi connectivity index (χ1n) is 7.23. The summed E-state index contributed by atoms with van der Waals surface area (Å²) in [5, 5.41) is 19.8. The Kier molecular flexibility index (Phi) is 5.31. The summed E-state index contributed by atoms with van der Waals surface area (Å²) in [6.07, 6.45) is 0. The van der Waals surface area contributed by atoms with E-state index in [9.17, 15) is 10.1 Å². The number of ether oxygens (including phenoxy) is 1. The number of aromatic nitrogens is 3. The van der Waals surface area contributed by atoms with E-state index >= 15 is 0 Å². The number of anilines is 2. The van der Waals surface area contributed by atoms with Gasteiger partial charge in [-0.3, -0.25) is 0 Å². The summed E-state index contributed by atoms with van der Waals surface area (Å²) in [6.45, 7) is 5.46. The molecule has 0 fully saturated rings. The molecule has 0 radical (unpaired) electrons. The first-order chi connectivity index (χ1) is 11.4. The summed E-state index contributed by atoms with van der Waals surface area (Å²) in [5.41, 5.74) is 0.192. The molecule has 2 aromatic rings. The second kappa shape index (κ2) is 7.23. The van der Waals surface area contributed by atoms with Gasteiger partial charge in [-0.1, -0.05) is 17.7 Å². The van der Waals surface area contributed by atoms with E-state index in [1.807, 2.05) is 0 Å². The Morgan fingerprint density at radius 3 is 2.83 bits per heavy atom. The number of nitrogens with zero attached hydrogens (tertiary/aromatic N) is 4. The molecule has 0 bridgehead atoms. The molecule has 0 aliphatic heterocycles. The molecule has 8 heteroatoms. The first-order valence-corrected chi connectivity index (χ1v) is 7.61. The molecule has 0 saturated heterocycles. The van der Waals surface area contributed by atoms with E-state index in [1.165, 1.54) is 6.07 Å². The van der Waals surface area contributed by atoms with Gasteiger partial charge in [0.05, 0.1) is 29.5 Å². The Labute approximate surface area is 144 Å². The van der Waals surface area contributed by atoms with Crippen molar-refractivity contribution in [1.82, 2.24) is 15.2 Å². The maximum Gasteiger partial charge on any atom is 0.361 e. The molecule has 1 N–H and O–H groups in total. The fourth-order valence-corrected chi connectivity index (χ4v) is 2.01. The van der Waals surface area contributed by atoms with E-state index in [0.717, 1.165) is 0 Å². The third-order valence-electron chi connectivity index (χ3n) is 3.16. The highest BCUT2D eigenvalue weighted by Crippen LogP contribution is 2.25. The molecule has 0 atom stereocenters. The van der Waals surface area contributed by atoms with E-state index in [-0.39, 0.29) is 17.5 Å². The second-order valence-corrected chi connectivity index (χ2v) is 5.81. The molecule has 0 amide bonds. The van der Waals surface area contributed by atoms with Crippen LogP contribution in [0.15, 0.2) is 24.3 Å². The topological polar surface area (TPSA) is 101 Å². The molecule has 0 saturated carbocycles. The van der Waals surface area contributed by atoms with Crippen molar-refractivity contribution in [2.75, 3.05) is 11.9 Å². The van der Waals surface area contributed by atoms with Gasteiger partial charge in [-0.25, -0.2) is 9.78 Å². The Bertz CT molecular complexity index is 801. The van der Waals surface area contributed by atoms with E-state index in [4.69, 9.17) is 16.3 Å². The third-order valence-corrected chi connectivity index (χ3v) is 3.35. The van der Waals surface area contributed by atoms with Gasteiger partial charge in [-0.15, -0.1) is 10.2 Å². The summed E-state index contributed by atoms with van der Waals surface area (Å²) in [7, 11) is 0. The summed E-state index contributed by atoms with van der Waals surface area (Å²) in [6, 6.07) is 8.90. The molecule has 0 aliphatic rings. The van der Waals surface area contributed by atoms with Gasteiger partial charge in [-0.05, 0) is 32.9 Å². The van der Waals surface area contributed by atoms with Crippen molar-refractivity contribution in [1.29, 1.82) is 5.26 Å². The van der Waals surface area contributed by atoms with Crippen molar-refractivity contribution >= 4 is 29.1 Å². The standard InChI is InChI=1S/C16H16ClN5O2/c1-4-24-15(23)14-10(8-12(17)21-22-14)19-13-7-5-6-11(20-13)16(2,3)9-18/h5-8H,4H2,1-3H3,(H,19,20,21). The highest BCUT2D eigenvalue weighted by molar-refractivity contribution is 6.29. The van der Waals surface area contributed by atoms with Crippen molar-refractivity contribution in [2.45, 2.75) is 26.2 Å². The summed E-state index contributed by atoms with van der Waals surface area (Å²) < 4.78 is 4.95. The molecular formula is C16H16ClN5O2. The van der Waals surface area contributed by atoms with Crippen LogP contribution in [0.3, 0.4) is 0 Å². The molecule has 0 aromatic carbocycles. The van der Waals surface area contributed by atoms with Crippen LogP contribution in [-0.2, 0) is 10.2 Å². The van der Waals surface area contributed by atoms with Gasteiger partial charge in [0.1, 0.15) is 5.82 Å². The number of nitrogens with one attached hydrogen (secondary N) is 1. The van der Waals surface area contributed by atoms with Crippen LogP contribution < -0.4 is 5.32 Å². The maximum atomic E-state index is 12.0. The predicted octanol–water partition coefficient (Wildman–Crippen LogP) is 3.25. The number of carbonyl (C=O) groups is 1. The van der Waals surface area contributed by atoms with Crippen LogP contribution >= 0.6 is 11.6 Å². The summed E-state index contributed by atoms with van der Waals surface area (Å²) in [5.74, 6) is -0.164. The Hall–Kier alpha value is -2.72. The Morgan fingerprint density at radius 2 is 2.17 bits per heavy atom. The monoisotopic (exact) mass is 345 g/mol. The zero-order valence-electron chi connectivity index (χ0n) is 13.5. The lowest BCUT2D eigenvalue weighted by molar-refractivity contribution is 0.0519. The van der Waals surface area contributed by atoms with Gasteiger partial charge in [0.15, 0.2) is 10.8 Å². The minimum atomic E-state index is -0.740. The molecule has 2 aromatic heterocycles. The number of carbonyl (C=O) groups excluding carboxylic acids is 1. The minimum absolute atomic E-state index is 0.00740. The van der Waals surface area contributed by atoms with Gasteiger partial charge >= 0.3 is 5.97 Å². The van der Waals surface area contributed by atoms with E-state index in [2.05, 4.69) is 26.6 Å². The van der Waals surface area contributed by atoms with Crippen molar-refractivity contribution < 1.29 is 9.53 Å². The van der Waals surface area contributed by atoms with Gasteiger partial charge in [-0.2, -0.15) is 5.26 Å². The number of halogens is 1. The van der Waals surface area contributed by atoms with Crippen molar-refractivity contribution in [3.63, 3.8) is 0 Å². The van der Waals surface area contributed by atoms with Crippen LogP contribution in [0.4, 0.5) is 11.5 Å². The van der Waals surface area contributed by atoms with E-state index < -0.39 is 11.4 Å². The average Bonchev–Trinajstić information content (AvgIpc) is 2.55. The van der Waals surface area contributed by atoms with Crippen LogP contribution in [0.1, 0.15) is 37.0 Å². The van der Waals surface area contributed by atoms with Crippen molar-refractivity contribution in [2.24, 2.45) is 0 Å². The number of pyridine rings is 1. The van der Waals surface area contributed by atoms with Crippen molar-refractivity contribution in [3.8, 4) is 6.07 Å². The Balaban J connectivity index is 2.38. The molecular weight excluding hydrogens is 330 g/mol. The molecule has 2 heterocycles. The number of hydrogen-bond donors (Lipinski definition) is 1. The predicted molar refractivity (Wildman–Crippen MR) is 89.2 cm³/mol. The van der Waals surface area contributed by atoms with Crippen LogP contribution in [0, 0.1) is 11.3 Å². The second-order valence-electron chi connectivity index (χ2n) is 5.42. The lowest BCUT2D eigenvalue weighted by atomic mass is 9.91. The minimum Gasteiger partial charge on any atom is -0.461 e. The number of rotatable bonds is 5. The van der Waals surface area contributed by atoms with Crippen molar-refractivity contribution in [3.05, 3.63) is 40.8 Å². The summed E-state index contributed by atoms with van der Waals surface area (Å²) >= 11 is 5.86. The fourth-order valence-electron chi connectivity index (χ4n) is 1.86. The first kappa shape index (κ1) is 17.6. The molecule has 2 rings (SSSR count). The number of nitriles is 1. The van der Waals surface area contributed by atoms with Gasteiger partial charge < -0.3 is 10.1 Å². The van der Waals surface area contributed by atoms with Gasteiger partial charge in [0.25, 0.3) is 0 Å². The largest absolute Gasteiger partial charge is 0.461 e. The third kappa shape index (κ3) is 3.97. The lowest BCUT2D eigenvalue weighted by Crippen LogP contribution is -2.17. The van der Waals surface area contributed by atoms with E-state index in [0.29, 0.717) is 17.2 Å². The van der Waals surface area contributed by atoms with Crippen LogP contribution in [0.25, 0.3) is 0 Å². The zero-order chi connectivity index (χ0) is 17.7. The zero-order valence-corrected chi connectivity index (χ0v) is 14.3. The molecule has 0 aliphatic carbocycles. The Morgan fingerprint density at radius 1 is 1.42 bits per heavy atom. The molecule has 0 unspecified atom stereocenters. The smallest absolute Gasteiger partial charge is 0.361 e. The highest BCUT2D eigenvalue weighted by atomic mass is 35.5. The van der Waals surface area contributed by atoms with Crippen LogP contribution in [-0.4, -0.2) is 27.8 Å². The van der Waals surface area contributed by atoms with E-state index in [1.54, 1.807) is 39.0 Å². The van der Waals surface area contributed by atoms with Crippen LogP contribution in [0.2, 0.25) is 5.15 Å². The average molecular weight is 346 g/mol. The molecule has 7 nitrogen and oxygen atoms in total.